The fourth-order valence-corrected chi connectivity index (χ4v) is 0.428. The summed E-state index contributed by atoms with van der Waals surface area (Å²) < 4.78 is 4.52. The molecular weight excluding hydrogens is 164 g/mol. The molecule has 0 aliphatic heterocycles. The quantitative estimate of drug-likeness (QED) is 0.463. The van der Waals surface area contributed by atoms with Crippen LogP contribution in [0.5, 0.6) is 0 Å². The smallest absolute Gasteiger partial charge is 0.337 e. The van der Waals surface area contributed by atoms with Gasteiger partial charge in [-0.05, 0) is 13.8 Å². The summed E-state index contributed by atoms with van der Waals surface area (Å²) in [5, 5.41) is 26.1. The third kappa shape index (κ3) is 3.66. The standard InChI is InChI=1S/C7H14O5/c1-7(2,11)6(10)12-5(3-8)4-9/h5,8-9,11H,3-4H2,1-2H3. The number of hydrogen-bond acceptors (Lipinski definition) is 5. The van der Waals surface area contributed by atoms with E-state index in [9.17, 15) is 4.79 Å². The SMILES string of the molecule is CC(C)(O)C(=O)OC(CO)CO. The Kier molecular flexibility index (Phi) is 4.16. The number of esters is 1. The first-order valence-electron chi connectivity index (χ1n) is 3.57. The second-order valence-corrected chi connectivity index (χ2v) is 2.95. The molecule has 0 atom stereocenters. The lowest BCUT2D eigenvalue weighted by atomic mass is 10.1. The van der Waals surface area contributed by atoms with Gasteiger partial charge in [-0.1, -0.05) is 0 Å². The molecule has 0 saturated heterocycles. The average molecular weight is 178 g/mol. The zero-order valence-electron chi connectivity index (χ0n) is 7.15. The van der Waals surface area contributed by atoms with Gasteiger partial charge in [0.15, 0.2) is 5.60 Å². The first kappa shape index (κ1) is 11.4. The number of aliphatic hydroxyl groups excluding tert-OH is 2. The summed E-state index contributed by atoms with van der Waals surface area (Å²) in [4.78, 5) is 10.9. The van der Waals surface area contributed by atoms with Gasteiger partial charge in [-0.25, -0.2) is 4.79 Å². The highest BCUT2D eigenvalue weighted by Gasteiger charge is 2.27. The average Bonchev–Trinajstić information content (AvgIpc) is 1.97. The van der Waals surface area contributed by atoms with E-state index in [1.165, 1.54) is 13.8 Å². The van der Waals surface area contributed by atoms with Crippen molar-refractivity contribution in [2.45, 2.75) is 25.6 Å². The summed E-state index contributed by atoms with van der Waals surface area (Å²) in [7, 11) is 0. The molecule has 0 fully saturated rings. The third-order valence-corrected chi connectivity index (χ3v) is 1.18. The highest BCUT2D eigenvalue weighted by molar-refractivity contribution is 5.78. The zero-order valence-corrected chi connectivity index (χ0v) is 7.15. The van der Waals surface area contributed by atoms with E-state index >= 15 is 0 Å². The van der Waals surface area contributed by atoms with Crippen molar-refractivity contribution >= 4 is 5.97 Å². The van der Waals surface area contributed by atoms with Gasteiger partial charge in [0, 0.05) is 0 Å². The minimum absolute atomic E-state index is 0.460. The molecule has 0 amide bonds. The second-order valence-electron chi connectivity index (χ2n) is 2.95. The molecule has 0 aliphatic carbocycles. The maximum atomic E-state index is 10.9. The van der Waals surface area contributed by atoms with Crippen molar-refractivity contribution in [3.05, 3.63) is 0 Å². The summed E-state index contributed by atoms with van der Waals surface area (Å²) in [5.74, 6) is -0.865. The Morgan fingerprint density at radius 1 is 1.42 bits per heavy atom. The van der Waals surface area contributed by atoms with Gasteiger partial charge < -0.3 is 20.1 Å². The minimum Gasteiger partial charge on any atom is -0.455 e. The number of ether oxygens (including phenoxy) is 1. The van der Waals surface area contributed by atoms with E-state index < -0.39 is 30.9 Å². The predicted molar refractivity (Wildman–Crippen MR) is 40.3 cm³/mol. The molecule has 0 spiro atoms. The Morgan fingerprint density at radius 3 is 2.08 bits per heavy atom. The van der Waals surface area contributed by atoms with Crippen molar-refractivity contribution in [1.29, 1.82) is 0 Å². The van der Waals surface area contributed by atoms with Crippen LogP contribution in [0.2, 0.25) is 0 Å². The summed E-state index contributed by atoms with van der Waals surface area (Å²) >= 11 is 0. The van der Waals surface area contributed by atoms with Gasteiger partial charge in [-0.3, -0.25) is 0 Å². The molecule has 3 N–H and O–H groups in total. The Labute approximate surface area is 70.6 Å². The molecule has 0 aromatic heterocycles. The Bertz CT molecular complexity index is 144. The molecule has 0 aromatic rings. The maximum Gasteiger partial charge on any atom is 0.337 e. The molecular formula is C7H14O5. The van der Waals surface area contributed by atoms with Crippen molar-refractivity contribution < 1.29 is 24.9 Å². The molecule has 0 unspecified atom stereocenters. The van der Waals surface area contributed by atoms with E-state index in [0.29, 0.717) is 0 Å². The molecule has 0 radical (unpaired) electrons. The summed E-state index contributed by atoms with van der Waals surface area (Å²) in [6.45, 7) is 1.61. The first-order chi connectivity index (χ1) is 5.41. The van der Waals surface area contributed by atoms with Crippen molar-refractivity contribution in [2.75, 3.05) is 13.2 Å². The molecule has 0 heterocycles. The molecule has 0 saturated carbocycles. The van der Waals surface area contributed by atoms with Crippen LogP contribution in [0.25, 0.3) is 0 Å². The summed E-state index contributed by atoms with van der Waals surface area (Å²) in [5.41, 5.74) is -1.59. The molecule has 12 heavy (non-hydrogen) atoms. The summed E-state index contributed by atoms with van der Waals surface area (Å²) in [6.07, 6.45) is -0.955. The van der Waals surface area contributed by atoms with Crippen LogP contribution in [0.3, 0.4) is 0 Å². The largest absolute Gasteiger partial charge is 0.455 e. The number of carbonyl (C=O) groups is 1. The molecule has 72 valence electrons. The fraction of sp³-hybridized carbons (Fsp3) is 0.857. The van der Waals surface area contributed by atoms with Crippen molar-refractivity contribution in [2.24, 2.45) is 0 Å². The van der Waals surface area contributed by atoms with Crippen LogP contribution in [0.15, 0.2) is 0 Å². The highest BCUT2D eigenvalue weighted by Crippen LogP contribution is 2.05. The van der Waals surface area contributed by atoms with E-state index in [-0.39, 0.29) is 0 Å². The van der Waals surface area contributed by atoms with Crippen LogP contribution in [0.1, 0.15) is 13.8 Å². The third-order valence-electron chi connectivity index (χ3n) is 1.18. The lowest BCUT2D eigenvalue weighted by Gasteiger charge is -2.19. The van der Waals surface area contributed by atoms with E-state index in [1.807, 2.05) is 0 Å². The molecule has 5 heteroatoms. The summed E-state index contributed by atoms with van der Waals surface area (Å²) in [6, 6.07) is 0. The number of rotatable bonds is 4. The lowest BCUT2D eigenvalue weighted by Crippen LogP contribution is -2.38. The van der Waals surface area contributed by atoms with Gasteiger partial charge in [0.25, 0.3) is 0 Å². The van der Waals surface area contributed by atoms with Crippen molar-refractivity contribution in [3.8, 4) is 0 Å². The maximum absolute atomic E-state index is 10.9. The Morgan fingerprint density at radius 2 is 1.83 bits per heavy atom. The zero-order chi connectivity index (χ0) is 9.78. The molecule has 0 rings (SSSR count). The van der Waals surface area contributed by atoms with Gasteiger partial charge in [0.2, 0.25) is 0 Å². The van der Waals surface area contributed by atoms with E-state index in [1.54, 1.807) is 0 Å². The predicted octanol–water partition coefficient (Wildman–Crippen LogP) is -1.35. The normalized spacial score (nSPS) is 11.8. The topological polar surface area (TPSA) is 87.0 Å². The Balaban J connectivity index is 3.99. The molecule has 0 aromatic carbocycles. The number of aliphatic hydroxyl groups is 3. The second kappa shape index (κ2) is 4.39. The fourth-order valence-electron chi connectivity index (χ4n) is 0.428. The van der Waals surface area contributed by atoms with E-state index in [4.69, 9.17) is 15.3 Å². The van der Waals surface area contributed by atoms with Crippen molar-refractivity contribution in [3.63, 3.8) is 0 Å². The molecule has 0 bridgehead atoms. The number of carbonyl (C=O) groups excluding carboxylic acids is 1. The highest BCUT2D eigenvalue weighted by atomic mass is 16.6. The van der Waals surface area contributed by atoms with Gasteiger partial charge in [-0.2, -0.15) is 0 Å². The van der Waals surface area contributed by atoms with E-state index in [2.05, 4.69) is 4.74 Å². The van der Waals surface area contributed by atoms with Crippen molar-refractivity contribution in [1.82, 2.24) is 0 Å². The molecule has 5 nitrogen and oxygen atoms in total. The van der Waals surface area contributed by atoms with Gasteiger partial charge >= 0.3 is 5.97 Å². The minimum atomic E-state index is -1.59. The van der Waals surface area contributed by atoms with Gasteiger partial charge in [-0.15, -0.1) is 0 Å². The van der Waals surface area contributed by atoms with Crippen LogP contribution in [-0.2, 0) is 9.53 Å². The number of hydrogen-bond donors (Lipinski definition) is 3. The van der Waals surface area contributed by atoms with Gasteiger partial charge in [0.05, 0.1) is 13.2 Å². The van der Waals surface area contributed by atoms with Crippen LogP contribution >= 0.6 is 0 Å². The first-order valence-corrected chi connectivity index (χ1v) is 3.57. The van der Waals surface area contributed by atoms with Crippen LogP contribution < -0.4 is 0 Å². The van der Waals surface area contributed by atoms with Gasteiger partial charge in [0.1, 0.15) is 6.10 Å². The van der Waals surface area contributed by atoms with Crippen LogP contribution in [0.4, 0.5) is 0 Å². The Hall–Kier alpha value is -0.650. The monoisotopic (exact) mass is 178 g/mol. The van der Waals surface area contributed by atoms with Crippen LogP contribution in [-0.4, -0.2) is 46.2 Å². The van der Waals surface area contributed by atoms with E-state index in [0.717, 1.165) is 0 Å². The van der Waals surface area contributed by atoms with Crippen LogP contribution in [0, 0.1) is 0 Å². The molecule has 0 aliphatic rings. The lowest BCUT2D eigenvalue weighted by molar-refractivity contribution is -0.171.